The van der Waals surface area contributed by atoms with Gasteiger partial charge in [0.25, 0.3) is 5.69 Å². The SMILES string of the molecule is Cc1cc2ccc([N+](=O)[O-])cc2o1. The number of benzene rings is 1. The predicted molar refractivity (Wildman–Crippen MR) is 47.6 cm³/mol. The minimum atomic E-state index is -0.433. The fraction of sp³-hybridized carbons (Fsp3) is 0.111. The van der Waals surface area contributed by atoms with E-state index in [1.807, 2.05) is 13.0 Å². The molecule has 0 bridgehead atoms. The van der Waals surface area contributed by atoms with Crippen molar-refractivity contribution in [2.75, 3.05) is 0 Å². The highest BCUT2D eigenvalue weighted by Gasteiger charge is 2.08. The molecule has 4 nitrogen and oxygen atoms in total. The third kappa shape index (κ3) is 1.26. The summed E-state index contributed by atoms with van der Waals surface area (Å²) in [6.45, 7) is 1.81. The van der Waals surface area contributed by atoms with Crippen LogP contribution in [0.15, 0.2) is 28.7 Å². The Labute approximate surface area is 73.9 Å². The third-order valence-corrected chi connectivity index (χ3v) is 1.84. The van der Waals surface area contributed by atoms with Crippen LogP contribution in [-0.4, -0.2) is 4.92 Å². The van der Waals surface area contributed by atoms with E-state index in [4.69, 9.17) is 4.42 Å². The molecule has 0 saturated carbocycles. The number of hydrogen-bond donors (Lipinski definition) is 0. The van der Waals surface area contributed by atoms with Crippen molar-refractivity contribution < 1.29 is 9.34 Å². The van der Waals surface area contributed by atoms with Gasteiger partial charge in [0, 0.05) is 11.5 Å². The maximum atomic E-state index is 10.4. The summed E-state index contributed by atoms with van der Waals surface area (Å²) in [6, 6.07) is 6.43. The van der Waals surface area contributed by atoms with E-state index in [1.165, 1.54) is 12.1 Å². The molecule has 0 saturated heterocycles. The lowest BCUT2D eigenvalue weighted by molar-refractivity contribution is -0.384. The van der Waals surface area contributed by atoms with Gasteiger partial charge < -0.3 is 4.42 Å². The van der Waals surface area contributed by atoms with E-state index in [0.717, 1.165) is 11.1 Å². The van der Waals surface area contributed by atoms with Gasteiger partial charge in [-0.15, -0.1) is 0 Å². The van der Waals surface area contributed by atoms with Crippen LogP contribution in [0.4, 0.5) is 5.69 Å². The molecule has 0 aliphatic heterocycles. The number of furan rings is 1. The van der Waals surface area contributed by atoms with Gasteiger partial charge in [-0.25, -0.2) is 0 Å². The summed E-state index contributed by atoms with van der Waals surface area (Å²) in [5.74, 6) is 0.760. The zero-order chi connectivity index (χ0) is 9.42. The van der Waals surface area contributed by atoms with Gasteiger partial charge in [0.1, 0.15) is 11.3 Å². The Bertz CT molecular complexity index is 473. The Kier molecular flexibility index (Phi) is 1.55. The highest BCUT2D eigenvalue weighted by Crippen LogP contribution is 2.23. The Hall–Kier alpha value is -1.84. The van der Waals surface area contributed by atoms with Gasteiger partial charge in [-0.3, -0.25) is 10.1 Å². The molecule has 2 rings (SSSR count). The molecule has 66 valence electrons. The first-order chi connectivity index (χ1) is 6.16. The van der Waals surface area contributed by atoms with Gasteiger partial charge in [0.15, 0.2) is 0 Å². The van der Waals surface area contributed by atoms with Gasteiger partial charge in [0.05, 0.1) is 11.0 Å². The summed E-state index contributed by atoms with van der Waals surface area (Å²) >= 11 is 0. The summed E-state index contributed by atoms with van der Waals surface area (Å²) in [7, 11) is 0. The van der Waals surface area contributed by atoms with Crippen molar-refractivity contribution in [3.63, 3.8) is 0 Å². The molecule has 1 heterocycles. The summed E-state index contributed by atoms with van der Waals surface area (Å²) in [6.07, 6.45) is 0. The smallest absolute Gasteiger partial charge is 0.273 e. The average molecular weight is 177 g/mol. The molecule has 0 radical (unpaired) electrons. The third-order valence-electron chi connectivity index (χ3n) is 1.84. The van der Waals surface area contributed by atoms with Crippen LogP contribution >= 0.6 is 0 Å². The number of nitrogens with zero attached hydrogens (tertiary/aromatic N) is 1. The molecule has 13 heavy (non-hydrogen) atoms. The summed E-state index contributed by atoms with van der Waals surface area (Å²) in [4.78, 5) is 9.98. The number of non-ortho nitro benzene ring substituents is 1. The summed E-state index contributed by atoms with van der Waals surface area (Å²) in [5.41, 5.74) is 0.619. The van der Waals surface area contributed by atoms with E-state index in [-0.39, 0.29) is 5.69 Å². The van der Waals surface area contributed by atoms with E-state index in [1.54, 1.807) is 6.07 Å². The van der Waals surface area contributed by atoms with Crippen molar-refractivity contribution in [3.05, 3.63) is 40.1 Å². The molecule has 1 aromatic heterocycles. The number of fused-ring (bicyclic) bond motifs is 1. The number of nitro benzene ring substituents is 1. The van der Waals surface area contributed by atoms with Crippen LogP contribution in [0.5, 0.6) is 0 Å². The second-order valence-corrected chi connectivity index (χ2v) is 2.84. The molecule has 0 N–H and O–H groups in total. The second kappa shape index (κ2) is 2.58. The molecule has 2 aromatic rings. The molecule has 4 heteroatoms. The van der Waals surface area contributed by atoms with Gasteiger partial charge in [0.2, 0.25) is 0 Å². The first-order valence-electron chi connectivity index (χ1n) is 3.81. The fourth-order valence-electron chi connectivity index (χ4n) is 1.27. The Morgan fingerprint density at radius 2 is 2.15 bits per heavy atom. The average Bonchev–Trinajstić information content (AvgIpc) is 2.42. The molecule has 0 spiro atoms. The molecule has 0 amide bonds. The number of hydrogen-bond acceptors (Lipinski definition) is 3. The van der Waals surface area contributed by atoms with E-state index in [9.17, 15) is 10.1 Å². The number of nitro groups is 1. The molecule has 0 atom stereocenters. The van der Waals surface area contributed by atoms with Crippen LogP contribution in [0.1, 0.15) is 5.76 Å². The molecule has 0 fully saturated rings. The highest BCUT2D eigenvalue weighted by molar-refractivity contribution is 5.80. The van der Waals surface area contributed by atoms with E-state index in [0.29, 0.717) is 5.58 Å². The van der Waals surface area contributed by atoms with Gasteiger partial charge in [-0.2, -0.15) is 0 Å². The maximum absolute atomic E-state index is 10.4. The highest BCUT2D eigenvalue weighted by atomic mass is 16.6. The lowest BCUT2D eigenvalue weighted by Crippen LogP contribution is -1.85. The minimum Gasteiger partial charge on any atom is -0.461 e. The molecule has 0 unspecified atom stereocenters. The standard InChI is InChI=1S/C9H7NO3/c1-6-4-7-2-3-8(10(11)12)5-9(7)13-6/h2-5H,1H3. The maximum Gasteiger partial charge on any atom is 0.273 e. The lowest BCUT2D eigenvalue weighted by Gasteiger charge is -1.89. The van der Waals surface area contributed by atoms with Crippen LogP contribution in [0.3, 0.4) is 0 Å². The fourth-order valence-corrected chi connectivity index (χ4v) is 1.27. The van der Waals surface area contributed by atoms with Crippen molar-refractivity contribution in [1.29, 1.82) is 0 Å². The summed E-state index contributed by atoms with van der Waals surface area (Å²) in [5, 5.41) is 11.3. The lowest BCUT2D eigenvalue weighted by atomic mass is 10.2. The van der Waals surface area contributed by atoms with Crippen LogP contribution in [0, 0.1) is 17.0 Å². The van der Waals surface area contributed by atoms with Crippen LogP contribution in [0.25, 0.3) is 11.0 Å². The molecular weight excluding hydrogens is 170 g/mol. The van der Waals surface area contributed by atoms with E-state index < -0.39 is 4.92 Å². The van der Waals surface area contributed by atoms with Crippen molar-refractivity contribution in [3.8, 4) is 0 Å². The topological polar surface area (TPSA) is 56.3 Å². The van der Waals surface area contributed by atoms with Gasteiger partial charge >= 0.3 is 0 Å². The van der Waals surface area contributed by atoms with E-state index in [2.05, 4.69) is 0 Å². The van der Waals surface area contributed by atoms with Crippen LogP contribution in [-0.2, 0) is 0 Å². The zero-order valence-corrected chi connectivity index (χ0v) is 6.98. The van der Waals surface area contributed by atoms with Gasteiger partial charge in [-0.1, -0.05) is 0 Å². The second-order valence-electron chi connectivity index (χ2n) is 2.84. The first kappa shape index (κ1) is 7.79. The molecular formula is C9H7NO3. The van der Waals surface area contributed by atoms with Crippen molar-refractivity contribution in [1.82, 2.24) is 0 Å². The number of rotatable bonds is 1. The normalized spacial score (nSPS) is 10.5. The predicted octanol–water partition coefficient (Wildman–Crippen LogP) is 2.65. The van der Waals surface area contributed by atoms with E-state index >= 15 is 0 Å². The van der Waals surface area contributed by atoms with Crippen molar-refractivity contribution in [2.24, 2.45) is 0 Å². The number of aryl methyl sites for hydroxylation is 1. The molecule has 1 aromatic carbocycles. The Morgan fingerprint density at radius 3 is 2.85 bits per heavy atom. The van der Waals surface area contributed by atoms with Crippen molar-refractivity contribution >= 4 is 16.7 Å². The molecule has 0 aliphatic rings. The monoisotopic (exact) mass is 177 g/mol. The zero-order valence-electron chi connectivity index (χ0n) is 6.98. The largest absolute Gasteiger partial charge is 0.461 e. The first-order valence-corrected chi connectivity index (χ1v) is 3.81. The Morgan fingerprint density at radius 1 is 1.38 bits per heavy atom. The van der Waals surface area contributed by atoms with Crippen LogP contribution in [0.2, 0.25) is 0 Å². The molecule has 0 aliphatic carbocycles. The quantitative estimate of drug-likeness (QED) is 0.497. The minimum absolute atomic E-state index is 0.0573. The summed E-state index contributed by atoms with van der Waals surface area (Å²) < 4.78 is 5.25. The van der Waals surface area contributed by atoms with Gasteiger partial charge in [-0.05, 0) is 19.1 Å². The Balaban J connectivity index is 2.67. The van der Waals surface area contributed by atoms with Crippen LogP contribution < -0.4 is 0 Å². The van der Waals surface area contributed by atoms with Crippen molar-refractivity contribution in [2.45, 2.75) is 6.92 Å².